The lowest BCUT2D eigenvalue weighted by atomic mass is 10.1. The zero-order valence-electron chi connectivity index (χ0n) is 9.41. The quantitative estimate of drug-likeness (QED) is 0.798. The van der Waals surface area contributed by atoms with Gasteiger partial charge in [0.2, 0.25) is 5.91 Å². The molecule has 0 saturated carbocycles. The average Bonchev–Trinajstić information content (AvgIpc) is 2.69. The largest absolute Gasteiger partial charge is 0.417 e. The number of hydrogen-bond acceptors (Lipinski definition) is 3. The lowest BCUT2D eigenvalue weighted by Crippen LogP contribution is -2.28. The zero-order valence-corrected chi connectivity index (χ0v) is 10.2. The molecule has 1 aromatic rings. The summed E-state index contributed by atoms with van der Waals surface area (Å²) in [7, 11) is 0. The van der Waals surface area contributed by atoms with Crippen LogP contribution in [0.25, 0.3) is 0 Å². The van der Waals surface area contributed by atoms with Crippen molar-refractivity contribution in [1.82, 2.24) is 4.98 Å². The van der Waals surface area contributed by atoms with Gasteiger partial charge in [0.1, 0.15) is 5.92 Å². The minimum atomic E-state index is -4.54. The van der Waals surface area contributed by atoms with Gasteiger partial charge in [-0.05, 0) is 12.5 Å². The van der Waals surface area contributed by atoms with Crippen LogP contribution in [0.5, 0.6) is 0 Å². The van der Waals surface area contributed by atoms with E-state index in [1.807, 2.05) is 6.07 Å². The number of nitriles is 1. The number of alkyl halides is 3. The third-order valence-corrected chi connectivity index (χ3v) is 3.04. The van der Waals surface area contributed by atoms with Gasteiger partial charge in [0.15, 0.2) is 5.82 Å². The number of carbonyl (C=O) groups excluding carboxylic acids is 1. The van der Waals surface area contributed by atoms with Crippen LogP contribution in [0.3, 0.4) is 0 Å². The topological polar surface area (TPSA) is 57.0 Å². The molecule has 4 nitrogen and oxygen atoms in total. The molecular weight excluding hydrogens is 283 g/mol. The van der Waals surface area contributed by atoms with Crippen LogP contribution in [-0.2, 0) is 11.0 Å². The fraction of sp³-hybridized carbons (Fsp3) is 0.364. The number of rotatable bonds is 1. The van der Waals surface area contributed by atoms with Gasteiger partial charge in [-0.1, -0.05) is 11.6 Å². The number of amides is 1. The Morgan fingerprint density at radius 2 is 2.21 bits per heavy atom. The van der Waals surface area contributed by atoms with Gasteiger partial charge in [0, 0.05) is 12.7 Å². The highest BCUT2D eigenvalue weighted by Crippen LogP contribution is 2.35. The Kier molecular flexibility index (Phi) is 3.37. The van der Waals surface area contributed by atoms with Crippen LogP contribution in [0.1, 0.15) is 12.0 Å². The van der Waals surface area contributed by atoms with E-state index in [2.05, 4.69) is 4.98 Å². The summed E-state index contributed by atoms with van der Waals surface area (Å²) in [5.41, 5.74) is -0.982. The second-order valence-corrected chi connectivity index (χ2v) is 4.39. The van der Waals surface area contributed by atoms with Crippen molar-refractivity contribution in [1.29, 1.82) is 5.26 Å². The molecule has 0 aromatic carbocycles. The number of pyridine rings is 1. The third-order valence-electron chi connectivity index (χ3n) is 2.77. The lowest BCUT2D eigenvalue weighted by Gasteiger charge is -2.17. The molecule has 1 unspecified atom stereocenters. The van der Waals surface area contributed by atoms with Crippen molar-refractivity contribution < 1.29 is 18.0 Å². The van der Waals surface area contributed by atoms with Crippen molar-refractivity contribution in [2.24, 2.45) is 5.92 Å². The fourth-order valence-electron chi connectivity index (χ4n) is 1.79. The van der Waals surface area contributed by atoms with Crippen LogP contribution in [0.2, 0.25) is 5.02 Å². The van der Waals surface area contributed by atoms with Gasteiger partial charge in [0.05, 0.1) is 16.7 Å². The van der Waals surface area contributed by atoms with Gasteiger partial charge < -0.3 is 0 Å². The van der Waals surface area contributed by atoms with Gasteiger partial charge in [-0.15, -0.1) is 0 Å². The summed E-state index contributed by atoms with van der Waals surface area (Å²) in [5, 5.41) is 8.46. The predicted octanol–water partition coefficient (Wildman–Crippen LogP) is 2.63. The van der Waals surface area contributed by atoms with E-state index in [9.17, 15) is 18.0 Å². The molecule has 1 saturated heterocycles. The fourth-order valence-corrected chi connectivity index (χ4v) is 2.06. The maximum atomic E-state index is 12.4. The van der Waals surface area contributed by atoms with Crippen molar-refractivity contribution in [2.75, 3.05) is 11.4 Å². The molecule has 0 bridgehead atoms. The molecule has 1 fully saturated rings. The summed E-state index contributed by atoms with van der Waals surface area (Å²) in [6, 6.07) is 2.55. The Morgan fingerprint density at radius 3 is 2.68 bits per heavy atom. The summed E-state index contributed by atoms with van der Waals surface area (Å²) in [4.78, 5) is 16.5. The van der Waals surface area contributed by atoms with Crippen molar-refractivity contribution in [3.8, 4) is 6.07 Å². The zero-order chi connectivity index (χ0) is 14.2. The Bertz CT molecular complexity index is 567. The van der Waals surface area contributed by atoms with Crippen LogP contribution in [0.4, 0.5) is 19.0 Å². The highest BCUT2D eigenvalue weighted by Gasteiger charge is 2.36. The standard InChI is InChI=1S/C11H7ClF3N3O/c12-8-3-7(11(13,14)15)5-17-9(8)18-2-1-6(4-16)10(18)19/h3,5-6H,1-2H2. The van der Waals surface area contributed by atoms with Crippen LogP contribution in [-0.4, -0.2) is 17.4 Å². The third kappa shape index (κ3) is 2.49. The molecule has 2 heterocycles. The van der Waals surface area contributed by atoms with E-state index in [1.165, 1.54) is 0 Å². The van der Waals surface area contributed by atoms with Crippen molar-refractivity contribution >= 4 is 23.3 Å². The molecule has 0 spiro atoms. The van der Waals surface area contributed by atoms with Gasteiger partial charge in [-0.25, -0.2) is 4.98 Å². The molecule has 0 radical (unpaired) electrons. The second kappa shape index (κ2) is 4.70. The molecule has 0 aliphatic carbocycles. The minimum absolute atomic E-state index is 0.0441. The van der Waals surface area contributed by atoms with E-state index < -0.39 is 23.6 Å². The summed E-state index contributed by atoms with van der Waals surface area (Å²) in [5.74, 6) is -1.32. The smallest absolute Gasteiger partial charge is 0.294 e. The molecule has 100 valence electrons. The summed E-state index contributed by atoms with van der Waals surface area (Å²) < 4.78 is 37.3. The monoisotopic (exact) mass is 289 g/mol. The maximum absolute atomic E-state index is 12.4. The molecule has 1 aromatic heterocycles. The van der Waals surface area contributed by atoms with Gasteiger partial charge in [-0.3, -0.25) is 9.69 Å². The highest BCUT2D eigenvalue weighted by molar-refractivity contribution is 6.33. The first-order chi connectivity index (χ1) is 8.84. The molecule has 1 atom stereocenters. The molecule has 1 aliphatic heterocycles. The first-order valence-corrected chi connectivity index (χ1v) is 5.66. The van der Waals surface area contributed by atoms with E-state index in [1.54, 1.807) is 0 Å². The van der Waals surface area contributed by atoms with E-state index in [4.69, 9.17) is 16.9 Å². The van der Waals surface area contributed by atoms with Gasteiger partial charge in [0.25, 0.3) is 0 Å². The summed E-state index contributed by atoms with van der Waals surface area (Å²) >= 11 is 5.73. The van der Waals surface area contributed by atoms with Crippen LogP contribution in [0, 0.1) is 17.2 Å². The van der Waals surface area contributed by atoms with Crippen LogP contribution < -0.4 is 4.90 Å². The molecule has 1 aliphatic rings. The predicted molar refractivity (Wildman–Crippen MR) is 60.3 cm³/mol. The highest BCUT2D eigenvalue weighted by atomic mass is 35.5. The Morgan fingerprint density at radius 1 is 1.53 bits per heavy atom. The summed E-state index contributed by atoms with van der Waals surface area (Å²) in [6.45, 7) is 0.217. The first-order valence-electron chi connectivity index (χ1n) is 5.28. The maximum Gasteiger partial charge on any atom is 0.417 e. The van der Waals surface area contributed by atoms with Gasteiger partial charge >= 0.3 is 6.18 Å². The minimum Gasteiger partial charge on any atom is -0.294 e. The number of anilines is 1. The normalized spacial score (nSPS) is 19.6. The number of nitrogens with zero attached hydrogens (tertiary/aromatic N) is 3. The molecular formula is C11H7ClF3N3O. The van der Waals surface area contributed by atoms with E-state index in [-0.39, 0.29) is 17.4 Å². The lowest BCUT2D eigenvalue weighted by molar-refractivity contribution is -0.137. The Balaban J connectivity index is 2.33. The van der Waals surface area contributed by atoms with E-state index >= 15 is 0 Å². The molecule has 0 N–H and O–H groups in total. The van der Waals surface area contributed by atoms with Crippen LogP contribution >= 0.6 is 11.6 Å². The second-order valence-electron chi connectivity index (χ2n) is 3.99. The average molecular weight is 290 g/mol. The SMILES string of the molecule is N#CC1CCN(c2ncc(C(F)(F)F)cc2Cl)C1=O. The number of aromatic nitrogens is 1. The molecule has 1 amide bonds. The van der Waals surface area contributed by atoms with E-state index in [0.717, 1.165) is 11.0 Å². The molecule has 8 heteroatoms. The number of halogens is 4. The van der Waals surface area contributed by atoms with Crippen molar-refractivity contribution in [2.45, 2.75) is 12.6 Å². The Hall–Kier alpha value is -1.81. The first kappa shape index (κ1) is 13.6. The van der Waals surface area contributed by atoms with Gasteiger partial charge in [-0.2, -0.15) is 18.4 Å². The van der Waals surface area contributed by atoms with Crippen molar-refractivity contribution in [3.63, 3.8) is 0 Å². The molecule has 2 rings (SSSR count). The van der Waals surface area contributed by atoms with Crippen LogP contribution in [0.15, 0.2) is 12.3 Å². The molecule has 19 heavy (non-hydrogen) atoms. The Labute approximate surface area is 111 Å². The van der Waals surface area contributed by atoms with E-state index in [0.29, 0.717) is 12.6 Å². The summed E-state index contributed by atoms with van der Waals surface area (Å²) in [6.07, 6.45) is -3.61. The van der Waals surface area contributed by atoms with Crippen molar-refractivity contribution in [3.05, 3.63) is 22.8 Å². The number of hydrogen-bond donors (Lipinski definition) is 0. The number of carbonyl (C=O) groups is 1.